The van der Waals surface area contributed by atoms with Gasteiger partial charge in [-0.2, -0.15) is 5.26 Å². The minimum atomic E-state index is 0.614. The largest absolute Gasteiger partial charge is 0.313 e. The molecule has 0 aromatic carbocycles. The quantitative estimate of drug-likeness (QED) is 0.646. The van der Waals surface area contributed by atoms with Crippen molar-refractivity contribution in [3.05, 3.63) is 0 Å². The molecule has 3 heteroatoms. The van der Waals surface area contributed by atoms with Gasteiger partial charge in [-0.05, 0) is 32.2 Å². The molecule has 1 saturated heterocycles. The molecule has 0 spiro atoms. The van der Waals surface area contributed by atoms with Crippen molar-refractivity contribution in [1.82, 2.24) is 10.2 Å². The predicted octanol–water partition coefficient (Wildman–Crippen LogP) is 0.726. The zero-order valence-corrected chi connectivity index (χ0v) is 8.00. The molecular weight excluding hydrogens is 162 g/mol. The van der Waals surface area contributed by atoms with E-state index in [4.69, 9.17) is 5.26 Å². The van der Waals surface area contributed by atoms with Crippen molar-refractivity contribution >= 4 is 0 Å². The molecule has 1 unspecified atom stereocenters. The van der Waals surface area contributed by atoms with Gasteiger partial charge in [-0.3, -0.25) is 4.90 Å². The number of nitrogens with zero attached hydrogens (tertiary/aromatic N) is 2. The van der Waals surface area contributed by atoms with E-state index < -0.39 is 0 Å². The van der Waals surface area contributed by atoms with Crippen LogP contribution in [0.3, 0.4) is 0 Å². The highest BCUT2D eigenvalue weighted by atomic mass is 15.2. The smallest absolute Gasteiger partial charge is 0.0868 e. The molecule has 0 aromatic heterocycles. The lowest BCUT2D eigenvalue weighted by Gasteiger charge is -2.22. The van der Waals surface area contributed by atoms with Crippen LogP contribution >= 0.6 is 0 Å². The van der Waals surface area contributed by atoms with E-state index in [1.54, 1.807) is 0 Å². The fourth-order valence-electron chi connectivity index (χ4n) is 2.07. The molecule has 13 heavy (non-hydrogen) atoms. The molecule has 0 aromatic rings. The molecular formula is C10H17N3. The van der Waals surface area contributed by atoms with Gasteiger partial charge in [-0.15, -0.1) is 0 Å². The Hall–Kier alpha value is -0.590. The van der Waals surface area contributed by atoms with Crippen molar-refractivity contribution in [2.24, 2.45) is 0 Å². The Bertz CT molecular complexity index is 199. The Kier molecular flexibility index (Phi) is 2.82. The summed E-state index contributed by atoms with van der Waals surface area (Å²) >= 11 is 0. The molecule has 0 radical (unpaired) electrons. The van der Waals surface area contributed by atoms with E-state index >= 15 is 0 Å². The molecule has 1 N–H and O–H groups in total. The first kappa shape index (κ1) is 8.98. The Morgan fingerprint density at radius 1 is 1.38 bits per heavy atom. The minimum absolute atomic E-state index is 0.614. The first-order chi connectivity index (χ1) is 6.40. The average Bonchev–Trinajstić information content (AvgIpc) is 2.85. The molecule has 2 rings (SSSR count). The van der Waals surface area contributed by atoms with Crippen molar-refractivity contribution in [2.45, 2.75) is 37.8 Å². The number of nitriles is 1. The van der Waals surface area contributed by atoms with Crippen LogP contribution < -0.4 is 5.32 Å². The summed E-state index contributed by atoms with van der Waals surface area (Å²) in [6.07, 6.45) is 5.19. The normalized spacial score (nSPS) is 27.8. The van der Waals surface area contributed by atoms with Crippen LogP contribution in [0.1, 0.15) is 25.7 Å². The molecule has 72 valence electrons. The van der Waals surface area contributed by atoms with Crippen molar-refractivity contribution < 1.29 is 0 Å². The maximum absolute atomic E-state index is 8.68. The van der Waals surface area contributed by atoms with Gasteiger partial charge in [-0.1, -0.05) is 0 Å². The van der Waals surface area contributed by atoms with E-state index in [1.165, 1.54) is 25.7 Å². The van der Waals surface area contributed by atoms with Crippen molar-refractivity contribution in [3.8, 4) is 6.07 Å². The van der Waals surface area contributed by atoms with Crippen LogP contribution in [0.4, 0.5) is 0 Å². The second-order valence-corrected chi connectivity index (χ2v) is 4.11. The fourth-order valence-corrected chi connectivity index (χ4v) is 2.07. The summed E-state index contributed by atoms with van der Waals surface area (Å²) in [5.41, 5.74) is 0. The molecule has 3 nitrogen and oxygen atoms in total. The summed E-state index contributed by atoms with van der Waals surface area (Å²) in [6.45, 7) is 2.86. The van der Waals surface area contributed by atoms with Crippen LogP contribution in [-0.2, 0) is 0 Å². The van der Waals surface area contributed by atoms with Gasteiger partial charge in [0, 0.05) is 18.6 Å². The van der Waals surface area contributed by atoms with Gasteiger partial charge < -0.3 is 5.32 Å². The van der Waals surface area contributed by atoms with E-state index in [0.717, 1.165) is 19.1 Å². The van der Waals surface area contributed by atoms with E-state index in [0.29, 0.717) is 12.6 Å². The Labute approximate surface area is 79.7 Å². The molecule has 1 saturated carbocycles. The fraction of sp³-hybridized carbons (Fsp3) is 0.900. The van der Waals surface area contributed by atoms with Gasteiger partial charge in [0.25, 0.3) is 0 Å². The van der Waals surface area contributed by atoms with Crippen molar-refractivity contribution in [2.75, 3.05) is 19.6 Å². The average molecular weight is 179 g/mol. The summed E-state index contributed by atoms with van der Waals surface area (Å²) in [5, 5.41) is 12.2. The Morgan fingerprint density at radius 2 is 2.23 bits per heavy atom. The molecule has 1 aliphatic heterocycles. The van der Waals surface area contributed by atoms with Crippen LogP contribution in [0.2, 0.25) is 0 Å². The minimum Gasteiger partial charge on any atom is -0.313 e. The maximum atomic E-state index is 8.68. The van der Waals surface area contributed by atoms with Gasteiger partial charge in [0.15, 0.2) is 0 Å². The Balaban J connectivity index is 1.78. The summed E-state index contributed by atoms with van der Waals surface area (Å²) in [7, 11) is 0. The monoisotopic (exact) mass is 179 g/mol. The van der Waals surface area contributed by atoms with E-state index in [-0.39, 0.29) is 0 Å². The summed E-state index contributed by atoms with van der Waals surface area (Å²) in [5.74, 6) is 0. The number of nitrogens with one attached hydrogen (secondary N) is 1. The lowest BCUT2D eigenvalue weighted by atomic mass is 10.2. The molecule has 1 aliphatic carbocycles. The van der Waals surface area contributed by atoms with Crippen molar-refractivity contribution in [1.29, 1.82) is 5.26 Å². The summed E-state index contributed by atoms with van der Waals surface area (Å²) in [6, 6.07) is 3.63. The molecule has 0 bridgehead atoms. The lowest BCUT2D eigenvalue weighted by molar-refractivity contribution is 0.267. The van der Waals surface area contributed by atoms with Crippen LogP contribution in [0.25, 0.3) is 0 Å². The first-order valence-electron chi connectivity index (χ1n) is 5.24. The second kappa shape index (κ2) is 4.08. The van der Waals surface area contributed by atoms with Crippen LogP contribution in [0.15, 0.2) is 0 Å². The third-order valence-electron chi connectivity index (χ3n) is 2.95. The van der Waals surface area contributed by atoms with Gasteiger partial charge >= 0.3 is 0 Å². The lowest BCUT2D eigenvalue weighted by Crippen LogP contribution is -2.38. The van der Waals surface area contributed by atoms with E-state index in [2.05, 4.69) is 16.3 Å². The van der Waals surface area contributed by atoms with Crippen LogP contribution in [-0.4, -0.2) is 36.6 Å². The molecule has 2 aliphatic rings. The molecule has 1 atom stereocenters. The standard InChI is InChI=1S/C10H17N3/c11-5-7-13(10-3-4-10)8-9-2-1-6-12-9/h9-10,12H,1-4,6-8H2. The van der Waals surface area contributed by atoms with Gasteiger partial charge in [0.2, 0.25) is 0 Å². The summed E-state index contributed by atoms with van der Waals surface area (Å²) in [4.78, 5) is 2.34. The topological polar surface area (TPSA) is 39.1 Å². The zero-order chi connectivity index (χ0) is 9.10. The van der Waals surface area contributed by atoms with Crippen LogP contribution in [0, 0.1) is 11.3 Å². The Morgan fingerprint density at radius 3 is 2.77 bits per heavy atom. The first-order valence-corrected chi connectivity index (χ1v) is 5.24. The highest BCUT2D eigenvalue weighted by molar-refractivity contribution is 4.92. The predicted molar refractivity (Wildman–Crippen MR) is 51.2 cm³/mol. The molecule has 0 amide bonds. The summed E-state index contributed by atoms with van der Waals surface area (Å²) < 4.78 is 0. The van der Waals surface area contributed by atoms with Gasteiger partial charge in [-0.25, -0.2) is 0 Å². The maximum Gasteiger partial charge on any atom is 0.0868 e. The SMILES string of the molecule is N#CCN(CC1CCCN1)C1CC1. The van der Waals surface area contributed by atoms with Gasteiger partial charge in [0.05, 0.1) is 12.6 Å². The van der Waals surface area contributed by atoms with E-state index in [1.807, 2.05) is 0 Å². The number of rotatable bonds is 4. The number of hydrogen-bond acceptors (Lipinski definition) is 3. The van der Waals surface area contributed by atoms with Crippen molar-refractivity contribution in [3.63, 3.8) is 0 Å². The highest BCUT2D eigenvalue weighted by Crippen LogP contribution is 2.27. The molecule has 1 heterocycles. The number of hydrogen-bond donors (Lipinski definition) is 1. The highest BCUT2D eigenvalue weighted by Gasteiger charge is 2.30. The third-order valence-corrected chi connectivity index (χ3v) is 2.95. The van der Waals surface area contributed by atoms with E-state index in [9.17, 15) is 0 Å². The van der Waals surface area contributed by atoms with Crippen LogP contribution in [0.5, 0.6) is 0 Å². The second-order valence-electron chi connectivity index (χ2n) is 4.11. The third kappa shape index (κ3) is 2.43. The van der Waals surface area contributed by atoms with Gasteiger partial charge in [0.1, 0.15) is 0 Å². The zero-order valence-electron chi connectivity index (χ0n) is 8.00. The molecule has 2 fully saturated rings.